The fraction of sp³-hybridized carbons (Fsp3) is 0.667. The highest BCUT2D eigenvalue weighted by Crippen LogP contribution is 2.32. The van der Waals surface area contributed by atoms with Crippen LogP contribution in [0.3, 0.4) is 0 Å². The highest BCUT2D eigenvalue weighted by Gasteiger charge is 2.11. The Balaban J connectivity index is 0.00000154. The van der Waals surface area contributed by atoms with Gasteiger partial charge in [0.1, 0.15) is 0 Å². The van der Waals surface area contributed by atoms with E-state index in [2.05, 4.69) is 62.1 Å². The summed E-state index contributed by atoms with van der Waals surface area (Å²) in [5.41, 5.74) is 5.06. The molecule has 110 valence electrons. The van der Waals surface area contributed by atoms with Crippen LogP contribution in [0.4, 0.5) is 0 Å². The molecule has 1 aromatic rings. The van der Waals surface area contributed by atoms with Crippen molar-refractivity contribution in [1.29, 1.82) is 0 Å². The van der Waals surface area contributed by atoms with E-state index in [1.54, 1.807) is 0 Å². The quantitative estimate of drug-likeness (QED) is 0.528. The van der Waals surface area contributed by atoms with E-state index in [0.29, 0.717) is 17.5 Å². The van der Waals surface area contributed by atoms with Gasteiger partial charge in [0.05, 0.1) is 0 Å². The van der Waals surface area contributed by atoms with Crippen molar-refractivity contribution in [2.24, 2.45) is 0 Å². The van der Waals surface area contributed by atoms with Crippen LogP contribution in [0, 0.1) is 0 Å². The van der Waals surface area contributed by atoms with Gasteiger partial charge in [-0.2, -0.15) is 0 Å². The Labute approximate surface area is 123 Å². The van der Waals surface area contributed by atoms with Gasteiger partial charge in [-0.3, -0.25) is 0 Å². The van der Waals surface area contributed by atoms with Crippen molar-refractivity contribution in [3.8, 4) is 0 Å². The lowest BCUT2D eigenvalue weighted by Crippen LogP contribution is -1.98. The molecule has 19 heavy (non-hydrogen) atoms. The predicted octanol–water partition coefficient (Wildman–Crippen LogP) is 6.68. The molecule has 2 atom stereocenters. The second-order valence-corrected chi connectivity index (χ2v) is 6.44. The maximum absolute atomic E-state index is 3.00. The molecule has 0 aliphatic carbocycles. The maximum Gasteiger partial charge on any atom is -0.00145 e. The highest BCUT2D eigenvalue weighted by molar-refractivity contribution is 7.17. The van der Waals surface area contributed by atoms with Gasteiger partial charge < -0.3 is 0 Å². The molecule has 1 aromatic carbocycles. The van der Waals surface area contributed by atoms with E-state index in [4.69, 9.17) is 0 Å². The number of hydrogen-bond acceptors (Lipinski definition) is 0. The lowest BCUT2D eigenvalue weighted by molar-refractivity contribution is 0.766. The molecule has 0 N–H and O–H groups in total. The van der Waals surface area contributed by atoms with Crippen LogP contribution in [0.2, 0.25) is 0 Å². The average Bonchev–Trinajstić information content (AvgIpc) is 2.40. The molecule has 0 aliphatic heterocycles. The van der Waals surface area contributed by atoms with Crippen molar-refractivity contribution in [2.45, 2.75) is 78.8 Å². The molecule has 0 aromatic heterocycles. The molecule has 0 saturated carbocycles. The van der Waals surface area contributed by atoms with E-state index in [-0.39, 0.29) is 0 Å². The molecule has 0 amide bonds. The topological polar surface area (TPSA) is 0 Å². The molecule has 2 unspecified atom stereocenters. The molecular formula is C18H33P. The van der Waals surface area contributed by atoms with E-state index >= 15 is 0 Å². The highest BCUT2D eigenvalue weighted by atomic mass is 31.0. The Bertz CT molecular complexity index is 326. The fourth-order valence-corrected chi connectivity index (χ4v) is 2.59. The molecule has 0 nitrogen and oxygen atoms in total. The average molecular weight is 280 g/mol. The van der Waals surface area contributed by atoms with Crippen LogP contribution >= 0.6 is 9.24 Å². The minimum absolute atomic E-state index is 0.608. The van der Waals surface area contributed by atoms with Crippen LogP contribution in [-0.4, -0.2) is 0 Å². The molecule has 1 rings (SSSR count). The van der Waals surface area contributed by atoms with E-state index in [9.17, 15) is 0 Å². The first-order valence-corrected chi connectivity index (χ1v) is 8.52. The van der Waals surface area contributed by atoms with Gasteiger partial charge in [0.2, 0.25) is 0 Å². The molecule has 1 heteroatoms. The van der Waals surface area contributed by atoms with E-state index < -0.39 is 0 Å². The molecule has 0 bridgehead atoms. The van der Waals surface area contributed by atoms with Gasteiger partial charge in [-0.15, -0.1) is 9.24 Å². The van der Waals surface area contributed by atoms with Crippen LogP contribution in [0.25, 0.3) is 0 Å². The van der Waals surface area contributed by atoms with Crippen LogP contribution in [0.1, 0.15) is 95.5 Å². The fourth-order valence-electron chi connectivity index (χ4n) is 2.06. The minimum atomic E-state index is 0.608. The first kappa shape index (κ1) is 18.7. The van der Waals surface area contributed by atoms with E-state index in [0.717, 1.165) is 0 Å². The Morgan fingerprint density at radius 3 is 1.53 bits per heavy atom. The Morgan fingerprint density at radius 1 is 0.842 bits per heavy atom. The zero-order chi connectivity index (χ0) is 15.0. The normalized spacial score (nSPS) is 12.3. The predicted molar refractivity (Wildman–Crippen MR) is 93.3 cm³/mol. The van der Waals surface area contributed by atoms with E-state index in [1.165, 1.54) is 29.5 Å². The van der Waals surface area contributed by atoms with Crippen molar-refractivity contribution >= 4 is 9.24 Å². The first-order valence-electron chi connectivity index (χ1n) is 7.86. The van der Waals surface area contributed by atoms with Crippen LogP contribution in [0.15, 0.2) is 18.2 Å². The zero-order valence-corrected chi connectivity index (χ0v) is 15.1. The van der Waals surface area contributed by atoms with Crippen LogP contribution in [0.5, 0.6) is 0 Å². The number of benzene rings is 1. The summed E-state index contributed by atoms with van der Waals surface area (Å²) >= 11 is 0. The lowest BCUT2D eigenvalue weighted by Gasteiger charge is -2.18. The van der Waals surface area contributed by atoms with Gasteiger partial charge in [-0.05, 0) is 40.6 Å². The van der Waals surface area contributed by atoms with Crippen molar-refractivity contribution in [2.75, 3.05) is 0 Å². The zero-order valence-electron chi connectivity index (χ0n) is 14.0. The third-order valence-corrected chi connectivity index (χ3v) is 4.08. The van der Waals surface area contributed by atoms with E-state index in [1.807, 2.05) is 13.8 Å². The van der Waals surface area contributed by atoms with Crippen LogP contribution < -0.4 is 0 Å². The van der Waals surface area contributed by atoms with Gasteiger partial charge in [0.15, 0.2) is 0 Å². The molecule has 0 aliphatic rings. The number of rotatable bonds is 5. The summed E-state index contributed by atoms with van der Waals surface area (Å²) in [4.78, 5) is 0. The smallest absolute Gasteiger partial charge is 0.00145 e. The molecule has 0 spiro atoms. The summed E-state index contributed by atoms with van der Waals surface area (Å²) in [6, 6.07) is 7.16. The third kappa shape index (κ3) is 6.09. The van der Waals surface area contributed by atoms with Gasteiger partial charge >= 0.3 is 0 Å². The summed E-state index contributed by atoms with van der Waals surface area (Å²) in [5.74, 6) is 1.23. The molecular weight excluding hydrogens is 247 g/mol. The molecule has 0 fully saturated rings. The van der Waals surface area contributed by atoms with Gasteiger partial charge in [-0.25, -0.2) is 0 Å². The van der Waals surface area contributed by atoms with Crippen molar-refractivity contribution < 1.29 is 0 Å². The molecule has 0 saturated heterocycles. The van der Waals surface area contributed by atoms with Gasteiger partial charge in [0, 0.05) is 0 Å². The summed E-state index contributed by atoms with van der Waals surface area (Å²) < 4.78 is 0. The first-order chi connectivity index (χ1) is 8.95. The maximum atomic E-state index is 3.00. The Morgan fingerprint density at radius 2 is 1.21 bits per heavy atom. The summed E-state index contributed by atoms with van der Waals surface area (Å²) in [6.07, 6.45) is 2.50. The Kier molecular flexibility index (Phi) is 9.36. The van der Waals surface area contributed by atoms with Crippen molar-refractivity contribution in [3.05, 3.63) is 34.9 Å². The summed E-state index contributed by atoms with van der Waals surface area (Å²) in [5, 5.41) is 0. The van der Waals surface area contributed by atoms with Crippen LogP contribution in [-0.2, 0) is 0 Å². The van der Waals surface area contributed by atoms with Gasteiger partial charge in [0.25, 0.3) is 0 Å². The second kappa shape index (κ2) is 9.54. The number of hydrogen-bond donors (Lipinski definition) is 0. The largest absolute Gasteiger partial charge is 0.130 e. The Hall–Kier alpha value is -0.350. The summed E-state index contributed by atoms with van der Waals surface area (Å²) in [6.45, 7) is 15.4. The monoisotopic (exact) mass is 280 g/mol. The standard InChI is InChI=1S/C16H27P.C2H6/c1-6-7-16(17)15-9-13(11(2)3)8-14(10-15)12(4)5;1-2/h8-12,16H,6-7,17H2,1-5H3;1-2H3. The van der Waals surface area contributed by atoms with Gasteiger partial charge in [-0.1, -0.05) is 73.1 Å². The summed E-state index contributed by atoms with van der Waals surface area (Å²) in [7, 11) is 3.00. The lowest BCUT2D eigenvalue weighted by atomic mass is 9.91. The second-order valence-electron chi connectivity index (χ2n) is 5.64. The molecule has 0 radical (unpaired) electrons. The van der Waals surface area contributed by atoms with Crippen molar-refractivity contribution in [3.63, 3.8) is 0 Å². The SMILES string of the molecule is CC.CCCC(P)c1cc(C(C)C)cc(C(C)C)c1. The minimum Gasteiger partial charge on any atom is -0.130 e. The van der Waals surface area contributed by atoms with Crippen molar-refractivity contribution in [1.82, 2.24) is 0 Å². The molecule has 0 heterocycles. The third-order valence-electron chi connectivity index (χ3n) is 3.36.